The maximum Gasteiger partial charge on any atom is 0.249 e. The summed E-state index contributed by atoms with van der Waals surface area (Å²) >= 11 is 6.18. The average Bonchev–Trinajstić information content (AvgIpc) is 2.78. The van der Waals surface area contributed by atoms with Crippen molar-refractivity contribution in [1.82, 2.24) is 9.78 Å². The molecule has 1 N–H and O–H groups in total. The minimum Gasteiger partial charge on any atom is -0.494 e. The molecule has 2 aromatic rings. The van der Waals surface area contributed by atoms with Crippen molar-refractivity contribution < 1.29 is 9.53 Å². The molecule has 1 atom stereocenters. The van der Waals surface area contributed by atoms with Crippen molar-refractivity contribution in [2.75, 3.05) is 11.9 Å². The van der Waals surface area contributed by atoms with Gasteiger partial charge in [0.25, 0.3) is 0 Å². The van der Waals surface area contributed by atoms with Gasteiger partial charge in [-0.25, -0.2) is 0 Å². The Labute approximate surface area is 141 Å². The second-order valence-electron chi connectivity index (χ2n) is 5.30. The van der Waals surface area contributed by atoms with Gasteiger partial charge in [-0.2, -0.15) is 5.10 Å². The first-order valence-corrected chi connectivity index (χ1v) is 8.10. The molecule has 1 aromatic heterocycles. The molecule has 0 saturated heterocycles. The summed E-state index contributed by atoms with van der Waals surface area (Å²) in [6.07, 6.45) is 0.626. The molecule has 0 radical (unpaired) electrons. The van der Waals surface area contributed by atoms with E-state index in [4.69, 9.17) is 16.3 Å². The molecule has 1 unspecified atom stereocenters. The second-order valence-corrected chi connectivity index (χ2v) is 5.68. The molecule has 0 aliphatic rings. The summed E-state index contributed by atoms with van der Waals surface area (Å²) in [5.41, 5.74) is 2.26. The fourth-order valence-electron chi connectivity index (χ4n) is 2.44. The van der Waals surface area contributed by atoms with Crippen LogP contribution in [0.25, 0.3) is 0 Å². The predicted molar refractivity (Wildman–Crippen MR) is 92.3 cm³/mol. The third-order valence-electron chi connectivity index (χ3n) is 3.65. The molecule has 5 nitrogen and oxygen atoms in total. The number of carbonyl (C=O) groups excluding carboxylic acids is 1. The van der Waals surface area contributed by atoms with Gasteiger partial charge < -0.3 is 10.1 Å². The van der Waals surface area contributed by atoms with Gasteiger partial charge in [-0.15, -0.1) is 0 Å². The van der Waals surface area contributed by atoms with Crippen LogP contribution in [0.15, 0.2) is 24.3 Å². The van der Waals surface area contributed by atoms with Gasteiger partial charge >= 0.3 is 0 Å². The van der Waals surface area contributed by atoms with Crippen molar-refractivity contribution in [3.8, 4) is 5.75 Å². The summed E-state index contributed by atoms with van der Waals surface area (Å²) in [7, 11) is 0. The van der Waals surface area contributed by atoms with Crippen LogP contribution in [0.1, 0.15) is 37.7 Å². The Morgan fingerprint density at radius 2 is 1.96 bits per heavy atom. The molecule has 0 saturated carbocycles. The van der Waals surface area contributed by atoms with Crippen molar-refractivity contribution in [2.24, 2.45) is 0 Å². The number of anilines is 1. The lowest BCUT2D eigenvalue weighted by Gasteiger charge is -2.17. The fourth-order valence-corrected chi connectivity index (χ4v) is 2.57. The van der Waals surface area contributed by atoms with Crippen LogP contribution in [-0.4, -0.2) is 22.3 Å². The molecule has 1 heterocycles. The van der Waals surface area contributed by atoms with Gasteiger partial charge in [0.1, 0.15) is 11.8 Å². The number of nitrogens with zero attached hydrogens (tertiary/aromatic N) is 2. The monoisotopic (exact) mass is 335 g/mol. The molecule has 0 aliphatic heterocycles. The summed E-state index contributed by atoms with van der Waals surface area (Å²) in [5, 5.41) is 7.91. The number of aromatic nitrogens is 2. The van der Waals surface area contributed by atoms with Gasteiger partial charge in [-0.05, 0) is 51.5 Å². The van der Waals surface area contributed by atoms with Crippen LogP contribution in [0.3, 0.4) is 0 Å². The molecule has 6 heteroatoms. The second kappa shape index (κ2) is 7.51. The minimum absolute atomic E-state index is 0.112. The molecule has 0 bridgehead atoms. The lowest BCUT2D eigenvalue weighted by Crippen LogP contribution is -2.27. The van der Waals surface area contributed by atoms with E-state index in [0.717, 1.165) is 22.8 Å². The Morgan fingerprint density at radius 3 is 2.43 bits per heavy atom. The van der Waals surface area contributed by atoms with Gasteiger partial charge in [-0.3, -0.25) is 9.48 Å². The number of nitrogens with one attached hydrogen (secondary N) is 1. The Hall–Kier alpha value is -2.01. The topological polar surface area (TPSA) is 56.1 Å². The fraction of sp³-hybridized carbons (Fsp3) is 0.412. The number of carbonyl (C=O) groups is 1. The van der Waals surface area contributed by atoms with Gasteiger partial charge in [0.2, 0.25) is 5.91 Å². The molecular formula is C17H22ClN3O2. The van der Waals surface area contributed by atoms with Gasteiger partial charge in [0, 0.05) is 5.69 Å². The van der Waals surface area contributed by atoms with E-state index >= 15 is 0 Å². The van der Waals surface area contributed by atoms with E-state index in [0.29, 0.717) is 18.1 Å². The standard InChI is InChI=1S/C17H22ClN3O2/c1-5-15(21-12(4)16(18)11(3)20-21)17(22)19-13-7-9-14(10-8-13)23-6-2/h7-10,15H,5-6H2,1-4H3,(H,19,22). The van der Waals surface area contributed by atoms with Gasteiger partial charge in [0.15, 0.2) is 0 Å². The van der Waals surface area contributed by atoms with E-state index in [1.165, 1.54) is 0 Å². The molecule has 0 aliphatic carbocycles. The first-order valence-electron chi connectivity index (χ1n) is 7.72. The quantitative estimate of drug-likeness (QED) is 0.863. The number of hydrogen-bond acceptors (Lipinski definition) is 3. The first kappa shape index (κ1) is 17.3. The highest BCUT2D eigenvalue weighted by Crippen LogP contribution is 2.25. The molecule has 1 aromatic carbocycles. The van der Waals surface area contributed by atoms with Crippen LogP contribution >= 0.6 is 11.6 Å². The van der Waals surface area contributed by atoms with Crippen LogP contribution < -0.4 is 10.1 Å². The summed E-state index contributed by atoms with van der Waals surface area (Å²) in [6.45, 7) is 8.20. The summed E-state index contributed by atoms with van der Waals surface area (Å²) < 4.78 is 7.09. The van der Waals surface area contributed by atoms with Crippen molar-refractivity contribution in [3.63, 3.8) is 0 Å². The minimum atomic E-state index is -0.396. The van der Waals surface area contributed by atoms with Crippen LogP contribution in [0, 0.1) is 13.8 Å². The third-order valence-corrected chi connectivity index (χ3v) is 4.20. The molecule has 23 heavy (non-hydrogen) atoms. The van der Waals surface area contributed by atoms with E-state index in [1.54, 1.807) is 4.68 Å². The summed E-state index contributed by atoms with van der Waals surface area (Å²) in [6, 6.07) is 6.92. The SMILES string of the molecule is CCOc1ccc(NC(=O)C(CC)n2nc(C)c(Cl)c2C)cc1. The first-order chi connectivity index (χ1) is 11.0. The van der Waals surface area contributed by atoms with Gasteiger partial charge in [0.05, 0.1) is 23.0 Å². The average molecular weight is 336 g/mol. The van der Waals surface area contributed by atoms with E-state index < -0.39 is 6.04 Å². The number of hydrogen-bond donors (Lipinski definition) is 1. The highest BCUT2D eigenvalue weighted by molar-refractivity contribution is 6.31. The van der Waals surface area contributed by atoms with Crippen molar-refractivity contribution in [2.45, 2.75) is 40.2 Å². The number of aryl methyl sites for hydroxylation is 1. The Balaban J connectivity index is 2.15. The van der Waals surface area contributed by atoms with E-state index in [-0.39, 0.29) is 5.91 Å². The maximum atomic E-state index is 12.6. The largest absolute Gasteiger partial charge is 0.494 e. The molecular weight excluding hydrogens is 314 g/mol. The zero-order valence-corrected chi connectivity index (χ0v) is 14.6. The zero-order valence-electron chi connectivity index (χ0n) is 13.9. The highest BCUT2D eigenvalue weighted by Gasteiger charge is 2.23. The smallest absolute Gasteiger partial charge is 0.249 e. The van der Waals surface area contributed by atoms with Crippen molar-refractivity contribution >= 4 is 23.2 Å². The normalized spacial score (nSPS) is 12.0. The predicted octanol–water partition coefficient (Wildman–Crippen LogP) is 4.14. The highest BCUT2D eigenvalue weighted by atomic mass is 35.5. The number of halogens is 1. The van der Waals surface area contributed by atoms with E-state index in [2.05, 4.69) is 10.4 Å². The molecule has 2 rings (SSSR count). The molecule has 1 amide bonds. The van der Waals surface area contributed by atoms with Gasteiger partial charge in [-0.1, -0.05) is 18.5 Å². The van der Waals surface area contributed by atoms with Crippen LogP contribution in [0.4, 0.5) is 5.69 Å². The Bertz CT molecular complexity index is 680. The maximum absolute atomic E-state index is 12.6. The summed E-state index contributed by atoms with van der Waals surface area (Å²) in [4.78, 5) is 12.6. The van der Waals surface area contributed by atoms with E-state index in [9.17, 15) is 4.79 Å². The van der Waals surface area contributed by atoms with Crippen molar-refractivity contribution in [1.29, 1.82) is 0 Å². The summed E-state index contributed by atoms with van der Waals surface area (Å²) in [5.74, 6) is 0.668. The third kappa shape index (κ3) is 3.85. The Morgan fingerprint density at radius 1 is 1.30 bits per heavy atom. The molecule has 0 fully saturated rings. The van der Waals surface area contributed by atoms with E-state index in [1.807, 2.05) is 52.0 Å². The molecule has 0 spiro atoms. The Kier molecular flexibility index (Phi) is 5.66. The lowest BCUT2D eigenvalue weighted by atomic mass is 10.2. The number of amides is 1. The zero-order chi connectivity index (χ0) is 17.0. The number of benzene rings is 1. The lowest BCUT2D eigenvalue weighted by molar-refractivity contribution is -0.119. The van der Waals surface area contributed by atoms with Crippen LogP contribution in [0.5, 0.6) is 5.75 Å². The number of ether oxygens (including phenoxy) is 1. The van der Waals surface area contributed by atoms with Crippen LogP contribution in [0.2, 0.25) is 5.02 Å². The number of rotatable bonds is 6. The van der Waals surface area contributed by atoms with Crippen LogP contribution in [-0.2, 0) is 4.79 Å². The van der Waals surface area contributed by atoms with Crippen molar-refractivity contribution in [3.05, 3.63) is 40.7 Å². The molecule has 124 valence electrons.